The number of nitrogens with zero attached hydrogens (tertiary/aromatic N) is 2. The van der Waals surface area contributed by atoms with Gasteiger partial charge in [-0.15, -0.1) is 0 Å². The van der Waals surface area contributed by atoms with Gasteiger partial charge < -0.3 is 19.5 Å². The van der Waals surface area contributed by atoms with E-state index in [0.717, 1.165) is 45.1 Å². The fraction of sp³-hybridized carbons (Fsp3) is 0.652. The van der Waals surface area contributed by atoms with Crippen molar-refractivity contribution < 1.29 is 9.84 Å². The first-order valence-corrected chi connectivity index (χ1v) is 9.76. The Hall–Kier alpha value is -1.88. The predicted molar refractivity (Wildman–Crippen MR) is 112 cm³/mol. The molecule has 0 aliphatic carbocycles. The van der Waals surface area contributed by atoms with Crippen LogP contribution in [0.5, 0.6) is 0 Å². The molecule has 1 aromatic carbocycles. The molecule has 0 saturated carbocycles. The summed E-state index contributed by atoms with van der Waals surface area (Å²) in [5, 5.41) is 8.46. The number of ether oxygens (including phenoxy) is 1. The minimum Gasteiger partial charge on any atom is -0.396 e. The van der Waals surface area contributed by atoms with E-state index in [4.69, 9.17) is 23.0 Å². The van der Waals surface area contributed by atoms with Crippen LogP contribution < -0.4 is 0 Å². The molecule has 0 aliphatic heterocycles. The quantitative estimate of drug-likeness (QED) is 0.387. The maximum absolute atomic E-state index is 8.46. The molecule has 27 heavy (non-hydrogen) atoms. The van der Waals surface area contributed by atoms with E-state index in [9.17, 15) is 0 Å². The van der Waals surface area contributed by atoms with Crippen molar-refractivity contribution in [1.82, 2.24) is 0 Å². The van der Waals surface area contributed by atoms with Crippen LogP contribution in [-0.4, -0.2) is 29.4 Å². The Bertz CT molecular complexity index is 568. The minimum atomic E-state index is -0.227. The average Bonchev–Trinajstić information content (AvgIpc) is 2.66. The summed E-state index contributed by atoms with van der Waals surface area (Å²) in [6, 6.07) is 10.2. The van der Waals surface area contributed by atoms with Crippen LogP contribution in [-0.2, 0) is 11.3 Å². The molecule has 0 atom stereocenters. The van der Waals surface area contributed by atoms with E-state index >= 15 is 0 Å². The number of aliphatic hydroxyl groups excluding tert-OH is 1. The van der Waals surface area contributed by atoms with Gasteiger partial charge in [0.05, 0.1) is 6.61 Å². The normalized spacial score (nSPS) is 11.1. The van der Waals surface area contributed by atoms with E-state index in [1.807, 2.05) is 45.9 Å². The van der Waals surface area contributed by atoms with Crippen molar-refractivity contribution in [2.24, 2.45) is 0 Å². The molecule has 150 valence electrons. The van der Waals surface area contributed by atoms with Crippen LogP contribution >= 0.6 is 0 Å². The largest absolute Gasteiger partial charge is 0.396 e. The van der Waals surface area contributed by atoms with E-state index in [2.05, 4.69) is 21.8 Å². The van der Waals surface area contributed by atoms with Crippen LogP contribution in [0.1, 0.15) is 71.8 Å². The minimum absolute atomic E-state index is 0.209. The summed E-state index contributed by atoms with van der Waals surface area (Å²) in [5.41, 5.74) is 0.781. The lowest BCUT2D eigenvalue weighted by atomic mass is 9.99. The Kier molecular flexibility index (Phi) is 13.2. The molecule has 0 fully saturated rings. The van der Waals surface area contributed by atoms with E-state index in [-0.39, 0.29) is 17.7 Å². The van der Waals surface area contributed by atoms with Gasteiger partial charge in [-0.25, -0.2) is 13.1 Å². The molecule has 0 unspecified atom stereocenters. The fourth-order valence-corrected chi connectivity index (χ4v) is 2.31. The second kappa shape index (κ2) is 14.2. The van der Waals surface area contributed by atoms with Crippen molar-refractivity contribution >= 4 is 0 Å². The predicted octanol–water partition coefficient (Wildman–Crippen LogP) is 5.92. The van der Waals surface area contributed by atoms with E-state index in [1.165, 1.54) is 5.56 Å². The number of hydrogen-bond donors (Lipinski definition) is 1. The van der Waals surface area contributed by atoms with Gasteiger partial charge in [-0.2, -0.15) is 0 Å². The van der Waals surface area contributed by atoms with Crippen molar-refractivity contribution in [3.05, 3.63) is 58.7 Å². The number of benzene rings is 1. The maximum Gasteiger partial charge on any atom is 0.227 e. The van der Waals surface area contributed by atoms with Crippen molar-refractivity contribution in [3.8, 4) is 0 Å². The van der Waals surface area contributed by atoms with Crippen LogP contribution in [0, 0.1) is 13.1 Å². The lowest BCUT2D eigenvalue weighted by Gasteiger charge is -2.10. The lowest BCUT2D eigenvalue weighted by molar-refractivity contribution is 0.116. The summed E-state index contributed by atoms with van der Waals surface area (Å²) in [5.74, 6) is 0. The average molecular weight is 373 g/mol. The summed E-state index contributed by atoms with van der Waals surface area (Å²) in [6.07, 6.45) is 5.70. The molecule has 1 rings (SSSR count). The SMILES string of the molecule is [C-]#[N+]C(C)(C)CCCCO.[C-]#[N+]C(C)(C)CCCCOCc1ccccc1. The molecule has 0 heterocycles. The molecule has 0 radical (unpaired) electrons. The number of rotatable bonds is 11. The standard InChI is InChI=1S/C15H21NO.C8H15NO/c1-15(2,16-3)11-7-8-12-17-13-14-9-5-4-6-10-14;1-8(2,9-3)6-4-5-7-10/h4-6,9-10H,7-8,11-13H2,1-2H3;10H,4-7H2,1-2H3. The van der Waals surface area contributed by atoms with Crippen LogP contribution in [0.4, 0.5) is 0 Å². The molecule has 0 bridgehead atoms. The Labute approximate surface area is 166 Å². The summed E-state index contributed by atoms with van der Waals surface area (Å²) < 4.78 is 5.59. The van der Waals surface area contributed by atoms with Crippen LogP contribution in [0.25, 0.3) is 9.69 Å². The summed E-state index contributed by atoms with van der Waals surface area (Å²) in [6.45, 7) is 23.4. The molecule has 1 aromatic rings. The molecule has 0 saturated heterocycles. The first-order valence-electron chi connectivity index (χ1n) is 9.76. The number of aliphatic hydroxyl groups is 1. The molecule has 4 heteroatoms. The third-order valence-electron chi connectivity index (χ3n) is 4.24. The Balaban J connectivity index is 0.000000580. The number of unbranched alkanes of at least 4 members (excludes halogenated alkanes) is 2. The Morgan fingerprint density at radius 2 is 1.37 bits per heavy atom. The van der Waals surface area contributed by atoms with Crippen molar-refractivity contribution in [1.29, 1.82) is 0 Å². The highest BCUT2D eigenvalue weighted by atomic mass is 16.5. The fourth-order valence-electron chi connectivity index (χ4n) is 2.31. The number of hydrogen-bond acceptors (Lipinski definition) is 2. The molecule has 1 N–H and O–H groups in total. The molecular weight excluding hydrogens is 336 g/mol. The Morgan fingerprint density at radius 1 is 0.852 bits per heavy atom. The van der Waals surface area contributed by atoms with Gasteiger partial charge in [0.1, 0.15) is 0 Å². The first kappa shape index (κ1) is 25.1. The second-order valence-electron chi connectivity index (χ2n) is 8.02. The summed E-state index contributed by atoms with van der Waals surface area (Å²) in [4.78, 5) is 7.06. The maximum atomic E-state index is 8.46. The lowest BCUT2D eigenvalue weighted by Crippen LogP contribution is -2.13. The molecule has 0 amide bonds. The zero-order valence-electron chi connectivity index (χ0n) is 17.5. The third kappa shape index (κ3) is 14.9. The van der Waals surface area contributed by atoms with Gasteiger partial charge in [0.15, 0.2) is 0 Å². The van der Waals surface area contributed by atoms with Gasteiger partial charge in [0.25, 0.3) is 0 Å². The van der Waals surface area contributed by atoms with Crippen molar-refractivity contribution in [2.45, 2.75) is 83.9 Å². The smallest absolute Gasteiger partial charge is 0.227 e. The highest BCUT2D eigenvalue weighted by Crippen LogP contribution is 2.18. The van der Waals surface area contributed by atoms with Gasteiger partial charge in [-0.1, -0.05) is 30.3 Å². The van der Waals surface area contributed by atoms with Crippen LogP contribution in [0.3, 0.4) is 0 Å². The molecule has 0 aromatic heterocycles. The van der Waals surface area contributed by atoms with Gasteiger partial charge in [0.2, 0.25) is 11.1 Å². The summed E-state index contributed by atoms with van der Waals surface area (Å²) >= 11 is 0. The molecule has 0 spiro atoms. The Morgan fingerprint density at radius 3 is 1.85 bits per heavy atom. The highest BCUT2D eigenvalue weighted by Gasteiger charge is 2.21. The van der Waals surface area contributed by atoms with E-state index < -0.39 is 0 Å². The molecular formula is C23H36N2O2. The topological polar surface area (TPSA) is 38.2 Å². The zero-order valence-corrected chi connectivity index (χ0v) is 17.5. The zero-order chi connectivity index (χ0) is 20.6. The van der Waals surface area contributed by atoms with Gasteiger partial charge in [-0.3, -0.25) is 0 Å². The van der Waals surface area contributed by atoms with Crippen molar-refractivity contribution in [2.75, 3.05) is 13.2 Å². The van der Waals surface area contributed by atoms with Gasteiger partial charge in [0, 0.05) is 53.8 Å². The van der Waals surface area contributed by atoms with Gasteiger partial charge >= 0.3 is 0 Å². The first-order chi connectivity index (χ1) is 12.8. The van der Waals surface area contributed by atoms with E-state index in [1.54, 1.807) is 0 Å². The van der Waals surface area contributed by atoms with Crippen molar-refractivity contribution in [3.63, 3.8) is 0 Å². The van der Waals surface area contributed by atoms with Crippen LogP contribution in [0.2, 0.25) is 0 Å². The molecule has 0 aliphatic rings. The second-order valence-corrected chi connectivity index (χ2v) is 8.02. The molecule has 4 nitrogen and oxygen atoms in total. The third-order valence-corrected chi connectivity index (χ3v) is 4.24. The monoisotopic (exact) mass is 372 g/mol. The van der Waals surface area contributed by atoms with Gasteiger partial charge in [-0.05, 0) is 31.2 Å². The van der Waals surface area contributed by atoms with E-state index in [0.29, 0.717) is 6.61 Å². The highest BCUT2D eigenvalue weighted by molar-refractivity contribution is 5.13. The van der Waals surface area contributed by atoms with Crippen LogP contribution in [0.15, 0.2) is 30.3 Å². The summed E-state index contributed by atoms with van der Waals surface area (Å²) in [7, 11) is 0.